The maximum atomic E-state index is 12.7. The number of rotatable bonds is 6. The van der Waals surface area contributed by atoms with Crippen LogP contribution in [0.15, 0.2) is 18.2 Å². The maximum absolute atomic E-state index is 12.7. The van der Waals surface area contributed by atoms with E-state index in [-0.39, 0.29) is 23.5 Å². The van der Waals surface area contributed by atoms with Gasteiger partial charge in [0.25, 0.3) is 0 Å². The van der Waals surface area contributed by atoms with Crippen LogP contribution in [0.1, 0.15) is 55.3 Å². The first-order valence-corrected chi connectivity index (χ1v) is 10.7. The molecule has 0 unspecified atom stereocenters. The molecule has 27 heavy (non-hydrogen) atoms. The molecule has 2 N–H and O–H groups in total. The van der Waals surface area contributed by atoms with Crippen molar-refractivity contribution < 1.29 is 9.59 Å². The second-order valence-electron chi connectivity index (χ2n) is 8.02. The highest BCUT2D eigenvalue weighted by molar-refractivity contribution is 6.42. The number of carbonyl (C=O) groups excluding carboxylic acids is 2. The molecule has 1 aromatic carbocycles. The van der Waals surface area contributed by atoms with Crippen molar-refractivity contribution in [3.63, 3.8) is 0 Å². The van der Waals surface area contributed by atoms with Gasteiger partial charge in [0.1, 0.15) is 0 Å². The number of nitrogens with zero attached hydrogens (tertiary/aromatic N) is 1. The molecule has 4 nitrogen and oxygen atoms in total. The van der Waals surface area contributed by atoms with Crippen LogP contribution in [0.2, 0.25) is 10.0 Å². The molecule has 2 aliphatic rings. The predicted octanol–water partition coefficient (Wildman–Crippen LogP) is 4.57. The molecule has 0 aromatic heterocycles. The van der Waals surface area contributed by atoms with Gasteiger partial charge in [-0.15, -0.1) is 0 Å². The third-order valence-corrected chi connectivity index (χ3v) is 7.00. The number of ketones is 1. The smallest absolute Gasteiger partial charge is 0.220 e. The van der Waals surface area contributed by atoms with Crippen LogP contribution in [0.5, 0.6) is 0 Å². The van der Waals surface area contributed by atoms with Gasteiger partial charge >= 0.3 is 0 Å². The molecule has 1 heterocycles. The van der Waals surface area contributed by atoms with E-state index in [0.717, 1.165) is 58.2 Å². The number of benzene rings is 1. The Balaban J connectivity index is 1.40. The number of Topliss-reactive ketones (excluding diaryl/α,β-unsaturated/α-hetero) is 1. The third-order valence-electron chi connectivity index (χ3n) is 6.27. The summed E-state index contributed by atoms with van der Waals surface area (Å²) in [5.74, 6) is 0.908. The summed E-state index contributed by atoms with van der Waals surface area (Å²) >= 11 is 12.0. The Morgan fingerprint density at radius 1 is 0.963 bits per heavy atom. The summed E-state index contributed by atoms with van der Waals surface area (Å²) in [6, 6.07) is 5.14. The van der Waals surface area contributed by atoms with E-state index in [0.29, 0.717) is 21.5 Å². The highest BCUT2D eigenvalue weighted by Crippen LogP contribution is 2.31. The van der Waals surface area contributed by atoms with Gasteiger partial charge in [0.15, 0.2) is 5.78 Å². The molecule has 2 fully saturated rings. The van der Waals surface area contributed by atoms with Crippen molar-refractivity contribution in [1.29, 1.82) is 0 Å². The molecule has 1 aromatic rings. The summed E-state index contributed by atoms with van der Waals surface area (Å²) in [5, 5.41) is 0.916. The summed E-state index contributed by atoms with van der Waals surface area (Å²) in [4.78, 5) is 26.4. The highest BCUT2D eigenvalue weighted by atomic mass is 35.5. The van der Waals surface area contributed by atoms with Crippen LogP contribution in [0.3, 0.4) is 0 Å². The Morgan fingerprint density at radius 2 is 1.63 bits per heavy atom. The average Bonchev–Trinajstić information content (AvgIpc) is 2.68. The standard InChI is InChI=1S/C21H28Cl2N2O2/c22-18-6-5-17(13-19(18)23)20(26)15-8-11-25(12-9-15)10-7-14-1-3-16(4-2-14)21(24)27/h5-6,13-16H,1-4,7-12H2,(H2,24,27). The van der Waals surface area contributed by atoms with Crippen LogP contribution >= 0.6 is 23.2 Å². The van der Waals surface area contributed by atoms with E-state index < -0.39 is 0 Å². The van der Waals surface area contributed by atoms with Crippen molar-refractivity contribution in [3.05, 3.63) is 33.8 Å². The monoisotopic (exact) mass is 410 g/mol. The number of nitrogens with two attached hydrogens (primary N) is 1. The van der Waals surface area contributed by atoms with Crippen LogP contribution in [-0.4, -0.2) is 36.2 Å². The molecule has 1 saturated heterocycles. The second-order valence-corrected chi connectivity index (χ2v) is 8.83. The number of primary amides is 1. The minimum atomic E-state index is -0.137. The molecule has 0 bridgehead atoms. The first kappa shape index (κ1) is 20.6. The van der Waals surface area contributed by atoms with Crippen molar-refractivity contribution in [2.45, 2.75) is 44.9 Å². The van der Waals surface area contributed by atoms with Gasteiger partial charge in [-0.3, -0.25) is 9.59 Å². The minimum absolute atomic E-state index is 0.0736. The third kappa shape index (κ3) is 5.46. The van der Waals surface area contributed by atoms with Crippen LogP contribution < -0.4 is 5.73 Å². The van der Waals surface area contributed by atoms with E-state index in [1.54, 1.807) is 18.2 Å². The zero-order valence-electron chi connectivity index (χ0n) is 15.6. The summed E-state index contributed by atoms with van der Waals surface area (Å²) in [7, 11) is 0. The summed E-state index contributed by atoms with van der Waals surface area (Å²) < 4.78 is 0. The lowest BCUT2D eigenvalue weighted by Crippen LogP contribution is -2.37. The fraction of sp³-hybridized carbons (Fsp3) is 0.619. The minimum Gasteiger partial charge on any atom is -0.369 e. The van der Waals surface area contributed by atoms with Crippen molar-refractivity contribution >= 4 is 34.9 Å². The highest BCUT2D eigenvalue weighted by Gasteiger charge is 2.28. The van der Waals surface area contributed by atoms with Gasteiger partial charge in [-0.1, -0.05) is 23.2 Å². The van der Waals surface area contributed by atoms with Gasteiger partial charge in [0.2, 0.25) is 5.91 Å². The molecule has 1 aliphatic heterocycles. The van der Waals surface area contributed by atoms with E-state index in [1.807, 2.05) is 0 Å². The molecule has 0 spiro atoms. The predicted molar refractivity (Wildman–Crippen MR) is 109 cm³/mol. The first-order valence-electron chi connectivity index (χ1n) is 9.95. The normalized spacial score (nSPS) is 24.7. The molecule has 0 atom stereocenters. The van der Waals surface area contributed by atoms with Crippen molar-refractivity contribution in [2.24, 2.45) is 23.5 Å². The lowest BCUT2D eigenvalue weighted by Gasteiger charge is -2.33. The number of halogens is 2. The quantitative estimate of drug-likeness (QED) is 0.698. The number of hydrogen-bond donors (Lipinski definition) is 1. The van der Waals surface area contributed by atoms with Gasteiger partial charge in [-0.25, -0.2) is 0 Å². The van der Waals surface area contributed by atoms with E-state index in [1.165, 1.54) is 6.42 Å². The summed E-state index contributed by atoms with van der Waals surface area (Å²) in [6.45, 7) is 3.02. The van der Waals surface area contributed by atoms with Crippen molar-refractivity contribution in [2.75, 3.05) is 19.6 Å². The van der Waals surface area contributed by atoms with E-state index in [9.17, 15) is 9.59 Å². The molecule has 1 aliphatic carbocycles. The van der Waals surface area contributed by atoms with Gasteiger partial charge < -0.3 is 10.6 Å². The zero-order chi connectivity index (χ0) is 19.4. The summed E-state index contributed by atoms with van der Waals surface area (Å²) in [5.41, 5.74) is 6.07. The summed E-state index contributed by atoms with van der Waals surface area (Å²) in [6.07, 6.45) is 7.08. The fourth-order valence-corrected chi connectivity index (χ4v) is 4.70. The number of amides is 1. The van der Waals surface area contributed by atoms with Crippen molar-refractivity contribution in [3.8, 4) is 0 Å². The van der Waals surface area contributed by atoms with Gasteiger partial charge in [-0.05, 0) is 88.7 Å². The largest absolute Gasteiger partial charge is 0.369 e. The molecule has 148 valence electrons. The number of hydrogen-bond acceptors (Lipinski definition) is 3. The van der Waals surface area contributed by atoms with E-state index in [4.69, 9.17) is 28.9 Å². The lowest BCUT2D eigenvalue weighted by molar-refractivity contribution is -0.123. The molecular formula is C21H28Cl2N2O2. The zero-order valence-corrected chi connectivity index (χ0v) is 17.1. The van der Waals surface area contributed by atoms with Gasteiger partial charge in [0.05, 0.1) is 10.0 Å². The van der Waals surface area contributed by atoms with Crippen LogP contribution in [0.4, 0.5) is 0 Å². The fourth-order valence-electron chi connectivity index (χ4n) is 4.40. The van der Waals surface area contributed by atoms with Crippen LogP contribution in [0, 0.1) is 17.8 Å². The van der Waals surface area contributed by atoms with Gasteiger partial charge in [-0.2, -0.15) is 0 Å². The van der Waals surface area contributed by atoms with Crippen molar-refractivity contribution in [1.82, 2.24) is 4.90 Å². The van der Waals surface area contributed by atoms with Crippen LogP contribution in [0.25, 0.3) is 0 Å². The van der Waals surface area contributed by atoms with E-state index in [2.05, 4.69) is 4.90 Å². The van der Waals surface area contributed by atoms with E-state index >= 15 is 0 Å². The van der Waals surface area contributed by atoms with Crippen LogP contribution in [-0.2, 0) is 4.79 Å². The Morgan fingerprint density at radius 3 is 2.22 bits per heavy atom. The number of piperidine rings is 1. The molecule has 6 heteroatoms. The topological polar surface area (TPSA) is 63.4 Å². The Bertz CT molecular complexity index is 679. The molecule has 1 amide bonds. The number of likely N-dealkylation sites (tertiary alicyclic amines) is 1. The Labute approximate surface area is 171 Å². The first-order chi connectivity index (χ1) is 12.9. The average molecular weight is 411 g/mol. The molecule has 1 saturated carbocycles. The number of carbonyl (C=O) groups is 2. The Kier molecular flexibility index (Phi) is 7.18. The Hall–Kier alpha value is -1.10. The molecule has 0 radical (unpaired) electrons. The molecular weight excluding hydrogens is 383 g/mol. The van der Waals surface area contributed by atoms with Gasteiger partial charge in [0, 0.05) is 17.4 Å². The lowest BCUT2D eigenvalue weighted by atomic mass is 9.80. The maximum Gasteiger partial charge on any atom is 0.220 e. The molecule has 3 rings (SSSR count). The second kappa shape index (κ2) is 9.40. The SMILES string of the molecule is NC(=O)C1CCC(CCN2CCC(C(=O)c3ccc(Cl)c(Cl)c3)CC2)CC1.